The molecule has 0 spiro atoms. The van der Waals surface area contributed by atoms with Crippen LogP contribution in [0.1, 0.15) is 22.3 Å². The number of sulfonamides is 2. The summed E-state index contributed by atoms with van der Waals surface area (Å²) in [7, 11) is -7.38. The first-order chi connectivity index (χ1) is 27.7. The molecule has 4 heterocycles. The first kappa shape index (κ1) is 41.6. The molecule has 0 aliphatic carbocycles. The molecule has 0 amide bonds. The number of piperazine rings is 2. The highest BCUT2D eigenvalue weighted by Crippen LogP contribution is 2.33. The molecule has 2 aromatic heterocycles. The summed E-state index contributed by atoms with van der Waals surface area (Å²) in [6, 6.07) is 22.8. The van der Waals surface area contributed by atoms with Gasteiger partial charge in [-0.1, -0.05) is 48.0 Å². The Labute approximate surface area is 347 Å². The van der Waals surface area contributed by atoms with Gasteiger partial charge in [-0.15, -0.1) is 22.7 Å². The molecule has 304 valence electrons. The molecule has 8 rings (SSSR count). The molecule has 16 heteroatoms. The lowest BCUT2D eigenvalue weighted by atomic mass is 10.0. The molecule has 58 heavy (non-hydrogen) atoms. The Hall–Kier alpha value is -4.58. The highest BCUT2D eigenvalue weighted by atomic mass is 32.2. The number of benzene rings is 4. The van der Waals surface area contributed by atoms with E-state index in [0.717, 1.165) is 44.9 Å². The number of rotatable bonds is 8. The van der Waals surface area contributed by atoms with Crippen molar-refractivity contribution >= 4 is 53.0 Å². The second-order valence-electron chi connectivity index (χ2n) is 14.3. The lowest BCUT2D eigenvalue weighted by molar-refractivity contribution is 0.384. The fourth-order valence-corrected chi connectivity index (χ4v) is 11.6. The number of aromatic nitrogens is 2. The summed E-state index contributed by atoms with van der Waals surface area (Å²) >= 11 is 3.14. The van der Waals surface area contributed by atoms with E-state index in [0.29, 0.717) is 52.4 Å². The van der Waals surface area contributed by atoms with Gasteiger partial charge in [0, 0.05) is 74.2 Å². The summed E-state index contributed by atoms with van der Waals surface area (Å²) in [5.41, 5.74) is 8.96. The van der Waals surface area contributed by atoms with Crippen LogP contribution in [0.15, 0.2) is 105 Å². The maximum atomic E-state index is 13.4. The van der Waals surface area contributed by atoms with Crippen molar-refractivity contribution in [1.82, 2.24) is 18.6 Å². The van der Waals surface area contributed by atoms with Crippen LogP contribution in [0.5, 0.6) is 0 Å². The zero-order valence-electron chi connectivity index (χ0n) is 32.6. The SMILES string of the molecule is Cc1ccc(C)c(-c2csc(N3CCN(S(=O)(=O)c4cccc(F)c4)CC3)n2)c1.Cc1cccc(-c2csc(N3CCN(S(=O)(=O)c4cccc(F)c4)CC3)n2)c1C. The van der Waals surface area contributed by atoms with E-state index in [1.807, 2.05) is 16.8 Å². The number of aryl methyl sites for hydroxylation is 3. The van der Waals surface area contributed by atoms with E-state index < -0.39 is 31.7 Å². The van der Waals surface area contributed by atoms with Gasteiger partial charge in [-0.05, 0) is 86.8 Å². The minimum Gasteiger partial charge on any atom is -0.345 e. The van der Waals surface area contributed by atoms with Gasteiger partial charge in [-0.3, -0.25) is 0 Å². The van der Waals surface area contributed by atoms with Crippen molar-refractivity contribution < 1.29 is 25.6 Å². The highest BCUT2D eigenvalue weighted by molar-refractivity contribution is 7.89. The van der Waals surface area contributed by atoms with Crippen molar-refractivity contribution in [3.05, 3.63) is 130 Å². The molecule has 0 bridgehead atoms. The molecular formula is C42H44F2N6O4S4. The van der Waals surface area contributed by atoms with E-state index in [9.17, 15) is 25.6 Å². The van der Waals surface area contributed by atoms with Gasteiger partial charge in [-0.2, -0.15) is 8.61 Å². The third kappa shape index (κ3) is 9.01. The lowest BCUT2D eigenvalue weighted by Gasteiger charge is -2.33. The number of thiazole rings is 2. The average Bonchev–Trinajstić information content (AvgIpc) is 3.92. The molecule has 10 nitrogen and oxygen atoms in total. The molecular weight excluding hydrogens is 819 g/mol. The summed E-state index contributed by atoms with van der Waals surface area (Å²) < 4.78 is 80.8. The molecule has 0 radical (unpaired) electrons. The van der Waals surface area contributed by atoms with Gasteiger partial charge in [0.2, 0.25) is 20.0 Å². The van der Waals surface area contributed by atoms with Crippen LogP contribution < -0.4 is 9.80 Å². The second kappa shape index (κ2) is 17.3. The van der Waals surface area contributed by atoms with Crippen molar-refractivity contribution in [2.45, 2.75) is 37.5 Å². The van der Waals surface area contributed by atoms with E-state index in [1.54, 1.807) is 22.7 Å². The van der Waals surface area contributed by atoms with E-state index in [2.05, 4.69) is 67.8 Å². The van der Waals surface area contributed by atoms with E-state index in [1.165, 1.54) is 67.3 Å². The van der Waals surface area contributed by atoms with Crippen LogP contribution in [0.3, 0.4) is 0 Å². The van der Waals surface area contributed by atoms with Gasteiger partial charge in [0.25, 0.3) is 0 Å². The molecule has 4 aromatic carbocycles. The van der Waals surface area contributed by atoms with Gasteiger partial charge < -0.3 is 9.80 Å². The largest absolute Gasteiger partial charge is 0.345 e. The number of hydrogen-bond acceptors (Lipinski definition) is 10. The summed E-state index contributed by atoms with van der Waals surface area (Å²) in [6.07, 6.45) is 0. The van der Waals surface area contributed by atoms with E-state index in [-0.39, 0.29) is 9.79 Å². The molecule has 0 atom stereocenters. The summed E-state index contributed by atoms with van der Waals surface area (Å²) in [6.45, 7) is 11.9. The molecule has 2 aliphatic rings. The molecule has 0 unspecified atom stereocenters. The van der Waals surface area contributed by atoms with Gasteiger partial charge in [0.1, 0.15) is 11.6 Å². The maximum absolute atomic E-state index is 13.4. The number of anilines is 2. The first-order valence-electron chi connectivity index (χ1n) is 18.8. The number of nitrogens with zero attached hydrogens (tertiary/aromatic N) is 6. The Morgan fingerprint density at radius 3 is 1.48 bits per heavy atom. The minimum absolute atomic E-state index is 0.00240. The van der Waals surface area contributed by atoms with Gasteiger partial charge in [-0.25, -0.2) is 35.6 Å². The molecule has 0 saturated carbocycles. The Morgan fingerprint density at radius 1 is 0.534 bits per heavy atom. The monoisotopic (exact) mass is 862 g/mol. The maximum Gasteiger partial charge on any atom is 0.243 e. The van der Waals surface area contributed by atoms with E-state index in [4.69, 9.17) is 9.97 Å². The fourth-order valence-electron chi connectivity index (χ4n) is 6.90. The third-order valence-corrected chi connectivity index (χ3v) is 16.0. The Morgan fingerprint density at radius 2 is 1.00 bits per heavy atom. The summed E-state index contributed by atoms with van der Waals surface area (Å²) in [5.74, 6) is -1.10. The normalized spacial score (nSPS) is 15.6. The predicted molar refractivity (Wildman–Crippen MR) is 229 cm³/mol. The smallest absolute Gasteiger partial charge is 0.243 e. The highest BCUT2D eigenvalue weighted by Gasteiger charge is 2.31. The number of halogens is 2. The first-order valence-corrected chi connectivity index (χ1v) is 23.4. The van der Waals surface area contributed by atoms with Gasteiger partial charge in [0.15, 0.2) is 10.3 Å². The number of hydrogen-bond donors (Lipinski definition) is 0. The third-order valence-electron chi connectivity index (χ3n) is 10.4. The Balaban J connectivity index is 0.000000177. The van der Waals surface area contributed by atoms with Crippen molar-refractivity contribution in [3.8, 4) is 22.5 Å². The summed E-state index contributed by atoms with van der Waals surface area (Å²) in [5, 5.41) is 5.88. The van der Waals surface area contributed by atoms with Crippen LogP contribution in [-0.4, -0.2) is 87.8 Å². The van der Waals surface area contributed by atoms with Crippen LogP contribution in [0.4, 0.5) is 19.0 Å². The van der Waals surface area contributed by atoms with Crippen LogP contribution in [0.2, 0.25) is 0 Å². The molecule has 2 aliphatic heterocycles. The Kier molecular flexibility index (Phi) is 12.4. The lowest BCUT2D eigenvalue weighted by Crippen LogP contribution is -2.48. The van der Waals surface area contributed by atoms with E-state index >= 15 is 0 Å². The predicted octanol–water partition coefficient (Wildman–Crippen LogP) is 8.15. The van der Waals surface area contributed by atoms with Crippen molar-refractivity contribution in [2.75, 3.05) is 62.2 Å². The second-order valence-corrected chi connectivity index (χ2v) is 19.8. The van der Waals surface area contributed by atoms with Crippen LogP contribution in [0, 0.1) is 39.3 Å². The molecule has 2 saturated heterocycles. The minimum atomic E-state index is -3.69. The van der Waals surface area contributed by atoms with Gasteiger partial charge in [0.05, 0.1) is 21.2 Å². The molecule has 2 fully saturated rings. The van der Waals surface area contributed by atoms with Gasteiger partial charge >= 0.3 is 0 Å². The fraction of sp³-hybridized carbons (Fsp3) is 0.286. The zero-order valence-corrected chi connectivity index (χ0v) is 35.9. The molecule has 0 N–H and O–H groups in total. The standard InChI is InChI=1S/2C21H22FN3O2S2/c1-15-5-3-8-19(16(15)2)20-14-28-21(23-20)24-9-11-25(12-10-24)29(26,27)18-7-4-6-17(22)13-18;1-15-6-7-16(2)19(12-15)20-14-28-21(23-20)24-8-10-25(11-9-24)29(26,27)18-5-3-4-17(22)13-18/h3-8,13-14H,9-12H2,1-2H3;3-7,12-14H,8-11H2,1-2H3. The topological polar surface area (TPSA) is 107 Å². The Bertz CT molecular complexity index is 2500. The average molecular weight is 863 g/mol. The van der Waals surface area contributed by atoms with Crippen molar-refractivity contribution in [2.24, 2.45) is 0 Å². The summed E-state index contributed by atoms with van der Waals surface area (Å²) in [4.78, 5) is 13.8. The van der Waals surface area contributed by atoms with Crippen LogP contribution in [-0.2, 0) is 20.0 Å². The molecule has 6 aromatic rings. The quantitative estimate of drug-likeness (QED) is 0.151. The van der Waals surface area contributed by atoms with Crippen molar-refractivity contribution in [1.29, 1.82) is 0 Å². The zero-order chi connectivity index (χ0) is 41.2. The van der Waals surface area contributed by atoms with Crippen LogP contribution >= 0.6 is 22.7 Å². The van der Waals surface area contributed by atoms with Crippen molar-refractivity contribution in [3.63, 3.8) is 0 Å². The van der Waals surface area contributed by atoms with Crippen LogP contribution in [0.25, 0.3) is 22.5 Å².